The highest BCUT2D eigenvalue weighted by molar-refractivity contribution is 5.82. The fraction of sp³-hybridized carbons (Fsp3) is 0.933. The average molecular weight is 233 g/mol. The molecule has 0 bridgehead atoms. The number of nitrogens with zero attached hydrogens (tertiary/aromatic N) is 1. The first kappa shape index (κ1) is 10.4. The molecule has 2 atom stereocenters. The number of likely N-dealkylation sites (tertiary alicyclic amines) is 1. The van der Waals surface area contributed by atoms with Gasteiger partial charge in [-0.05, 0) is 43.9 Å². The molecule has 3 saturated carbocycles. The van der Waals surface area contributed by atoms with Gasteiger partial charge in [-0.25, -0.2) is 0 Å². The van der Waals surface area contributed by atoms with E-state index in [1.807, 2.05) is 0 Å². The van der Waals surface area contributed by atoms with E-state index in [1.54, 1.807) is 0 Å². The van der Waals surface area contributed by atoms with E-state index < -0.39 is 0 Å². The fourth-order valence-electron chi connectivity index (χ4n) is 4.32. The number of carbonyl (C=O) groups excluding carboxylic acids is 1. The first-order valence-corrected chi connectivity index (χ1v) is 7.56. The maximum absolute atomic E-state index is 12.3. The molecule has 1 spiro atoms. The topological polar surface area (TPSA) is 20.3 Å². The molecule has 1 aliphatic heterocycles. The van der Waals surface area contributed by atoms with Gasteiger partial charge in [0.05, 0.1) is 0 Å². The highest BCUT2D eigenvalue weighted by atomic mass is 16.2. The van der Waals surface area contributed by atoms with Crippen molar-refractivity contribution in [3.05, 3.63) is 0 Å². The molecule has 4 fully saturated rings. The molecule has 2 unspecified atom stereocenters. The van der Waals surface area contributed by atoms with E-state index in [9.17, 15) is 4.79 Å². The van der Waals surface area contributed by atoms with Gasteiger partial charge in [0.2, 0.25) is 5.91 Å². The smallest absolute Gasteiger partial charge is 0.226 e. The number of rotatable bonds is 2. The molecule has 4 rings (SSSR count). The van der Waals surface area contributed by atoms with Crippen LogP contribution in [0.2, 0.25) is 0 Å². The quantitative estimate of drug-likeness (QED) is 0.718. The Morgan fingerprint density at radius 1 is 1.06 bits per heavy atom. The van der Waals surface area contributed by atoms with Gasteiger partial charge in [-0.1, -0.05) is 19.3 Å². The Balaban J connectivity index is 1.31. The average Bonchev–Trinajstić information content (AvgIpc) is 3.15. The standard InChI is InChI=1S/C15H23NO/c17-14(13-8-12(13)11-4-5-11)16-9-15(10-16)6-2-1-3-7-15/h11-13H,1-10H2. The summed E-state index contributed by atoms with van der Waals surface area (Å²) in [6, 6.07) is 0. The lowest BCUT2D eigenvalue weighted by Gasteiger charge is -2.52. The zero-order valence-corrected chi connectivity index (χ0v) is 10.7. The lowest BCUT2D eigenvalue weighted by atomic mass is 9.68. The molecule has 0 radical (unpaired) electrons. The zero-order chi connectivity index (χ0) is 11.5. The zero-order valence-electron chi connectivity index (χ0n) is 10.7. The van der Waals surface area contributed by atoms with Crippen LogP contribution in [-0.4, -0.2) is 23.9 Å². The van der Waals surface area contributed by atoms with Crippen LogP contribution in [0.4, 0.5) is 0 Å². The maximum atomic E-state index is 12.3. The minimum absolute atomic E-state index is 0.448. The number of amides is 1. The van der Waals surface area contributed by atoms with Crippen molar-refractivity contribution in [2.45, 2.75) is 51.4 Å². The Kier molecular flexibility index (Phi) is 2.13. The summed E-state index contributed by atoms with van der Waals surface area (Å²) >= 11 is 0. The van der Waals surface area contributed by atoms with Crippen molar-refractivity contribution in [2.75, 3.05) is 13.1 Å². The van der Waals surface area contributed by atoms with Crippen molar-refractivity contribution in [1.82, 2.24) is 4.90 Å². The predicted octanol–water partition coefficient (Wildman–Crippen LogP) is 2.83. The second-order valence-electron chi connectivity index (χ2n) is 7.10. The summed E-state index contributed by atoms with van der Waals surface area (Å²) in [5.74, 6) is 2.70. The molecule has 0 N–H and O–H groups in total. The van der Waals surface area contributed by atoms with Crippen LogP contribution in [0.5, 0.6) is 0 Å². The van der Waals surface area contributed by atoms with E-state index >= 15 is 0 Å². The number of hydrogen-bond donors (Lipinski definition) is 0. The lowest BCUT2D eigenvalue weighted by Crippen LogP contribution is -2.59. The molecule has 3 aliphatic carbocycles. The third-order valence-corrected chi connectivity index (χ3v) is 5.66. The molecule has 1 amide bonds. The Morgan fingerprint density at radius 3 is 2.41 bits per heavy atom. The third kappa shape index (κ3) is 1.71. The first-order valence-electron chi connectivity index (χ1n) is 7.56. The highest BCUT2D eigenvalue weighted by Crippen LogP contribution is 2.56. The molecule has 2 heteroatoms. The van der Waals surface area contributed by atoms with Gasteiger partial charge in [-0.2, -0.15) is 0 Å². The molecular weight excluding hydrogens is 210 g/mol. The summed E-state index contributed by atoms with van der Waals surface area (Å²) in [7, 11) is 0. The largest absolute Gasteiger partial charge is 0.341 e. The van der Waals surface area contributed by atoms with Gasteiger partial charge in [0, 0.05) is 24.4 Å². The van der Waals surface area contributed by atoms with Crippen molar-refractivity contribution < 1.29 is 4.79 Å². The van der Waals surface area contributed by atoms with Gasteiger partial charge in [-0.3, -0.25) is 4.79 Å². The molecule has 2 nitrogen and oxygen atoms in total. The van der Waals surface area contributed by atoms with Gasteiger partial charge >= 0.3 is 0 Å². The van der Waals surface area contributed by atoms with Crippen molar-refractivity contribution in [3.8, 4) is 0 Å². The van der Waals surface area contributed by atoms with Crippen molar-refractivity contribution in [1.29, 1.82) is 0 Å². The Labute approximate surface area is 104 Å². The van der Waals surface area contributed by atoms with Gasteiger partial charge in [0.25, 0.3) is 0 Å². The lowest BCUT2D eigenvalue weighted by molar-refractivity contribution is -0.147. The van der Waals surface area contributed by atoms with Crippen LogP contribution in [0.15, 0.2) is 0 Å². The van der Waals surface area contributed by atoms with E-state index in [4.69, 9.17) is 0 Å². The fourth-order valence-corrected chi connectivity index (χ4v) is 4.32. The van der Waals surface area contributed by atoms with Crippen LogP contribution in [-0.2, 0) is 4.79 Å². The summed E-state index contributed by atoms with van der Waals surface area (Å²) in [6.07, 6.45) is 11.0. The molecule has 1 saturated heterocycles. The molecule has 94 valence electrons. The van der Waals surface area contributed by atoms with Crippen LogP contribution in [0.3, 0.4) is 0 Å². The molecule has 17 heavy (non-hydrogen) atoms. The third-order valence-electron chi connectivity index (χ3n) is 5.66. The molecular formula is C15H23NO. The maximum Gasteiger partial charge on any atom is 0.226 e. The summed E-state index contributed by atoms with van der Waals surface area (Å²) < 4.78 is 0. The molecule has 0 aromatic rings. The monoisotopic (exact) mass is 233 g/mol. The van der Waals surface area contributed by atoms with Crippen molar-refractivity contribution >= 4 is 5.91 Å². The molecule has 0 aromatic heterocycles. The van der Waals surface area contributed by atoms with Crippen molar-refractivity contribution in [3.63, 3.8) is 0 Å². The Hall–Kier alpha value is -0.530. The summed E-state index contributed by atoms with van der Waals surface area (Å²) in [5, 5.41) is 0. The number of carbonyl (C=O) groups is 1. The van der Waals surface area contributed by atoms with E-state index in [2.05, 4.69) is 4.90 Å². The van der Waals surface area contributed by atoms with E-state index in [0.717, 1.165) is 24.9 Å². The minimum Gasteiger partial charge on any atom is -0.341 e. The van der Waals surface area contributed by atoms with Gasteiger partial charge in [-0.15, -0.1) is 0 Å². The van der Waals surface area contributed by atoms with Crippen LogP contribution < -0.4 is 0 Å². The SMILES string of the molecule is O=C(C1CC1C1CC1)N1CC2(CCCCC2)C1. The van der Waals surface area contributed by atoms with Crippen LogP contribution in [0.25, 0.3) is 0 Å². The van der Waals surface area contributed by atoms with Gasteiger partial charge < -0.3 is 4.90 Å². The highest BCUT2D eigenvalue weighted by Gasteiger charge is 2.55. The van der Waals surface area contributed by atoms with Crippen molar-refractivity contribution in [2.24, 2.45) is 23.2 Å². The Bertz CT molecular complexity index is 333. The summed E-state index contributed by atoms with van der Waals surface area (Å²) in [4.78, 5) is 14.5. The van der Waals surface area contributed by atoms with Crippen LogP contribution in [0, 0.1) is 23.2 Å². The van der Waals surface area contributed by atoms with Crippen LogP contribution in [0.1, 0.15) is 51.4 Å². The Morgan fingerprint density at radius 2 is 1.76 bits per heavy atom. The minimum atomic E-state index is 0.448. The van der Waals surface area contributed by atoms with E-state index in [0.29, 0.717) is 17.2 Å². The number of hydrogen-bond acceptors (Lipinski definition) is 1. The summed E-state index contributed by atoms with van der Waals surface area (Å²) in [5.41, 5.74) is 0.567. The van der Waals surface area contributed by atoms with E-state index in [1.165, 1.54) is 51.4 Å². The first-order chi connectivity index (χ1) is 8.27. The predicted molar refractivity (Wildman–Crippen MR) is 66.4 cm³/mol. The molecule has 4 aliphatic rings. The second kappa shape index (κ2) is 3.49. The summed E-state index contributed by atoms with van der Waals surface area (Å²) in [6.45, 7) is 2.19. The second-order valence-corrected chi connectivity index (χ2v) is 7.10. The van der Waals surface area contributed by atoms with Gasteiger partial charge in [0.1, 0.15) is 0 Å². The normalized spacial score (nSPS) is 38.9. The van der Waals surface area contributed by atoms with Crippen LogP contribution >= 0.6 is 0 Å². The van der Waals surface area contributed by atoms with E-state index in [-0.39, 0.29) is 0 Å². The molecule has 1 heterocycles. The molecule has 0 aromatic carbocycles. The van der Waals surface area contributed by atoms with Gasteiger partial charge in [0.15, 0.2) is 0 Å².